The van der Waals surface area contributed by atoms with Gasteiger partial charge >= 0.3 is 0 Å². The molecule has 4 nitrogen and oxygen atoms in total. The molecular formula is C14H25N3OS. The van der Waals surface area contributed by atoms with Gasteiger partial charge in [0.1, 0.15) is 0 Å². The monoisotopic (exact) mass is 283 g/mol. The number of carbonyl (C=O) groups excluding carboxylic acids is 1. The maximum atomic E-state index is 12.4. The summed E-state index contributed by atoms with van der Waals surface area (Å²) in [6.45, 7) is 3.26. The van der Waals surface area contributed by atoms with E-state index in [2.05, 4.69) is 4.90 Å². The minimum Gasteiger partial charge on any atom is -0.393 e. The van der Waals surface area contributed by atoms with Crippen LogP contribution in [0.5, 0.6) is 0 Å². The minimum absolute atomic E-state index is 0.289. The first kappa shape index (κ1) is 14.7. The van der Waals surface area contributed by atoms with Crippen LogP contribution in [0.2, 0.25) is 0 Å². The Balaban J connectivity index is 1.81. The maximum absolute atomic E-state index is 12.4. The molecule has 0 aromatic carbocycles. The second-order valence-electron chi connectivity index (χ2n) is 5.71. The van der Waals surface area contributed by atoms with Crippen LogP contribution in [-0.2, 0) is 4.79 Å². The zero-order chi connectivity index (χ0) is 13.7. The lowest BCUT2D eigenvalue weighted by Gasteiger charge is -2.26. The van der Waals surface area contributed by atoms with Crippen molar-refractivity contribution in [2.45, 2.75) is 51.0 Å². The molecule has 1 saturated carbocycles. The number of carbonyl (C=O) groups is 1. The summed E-state index contributed by atoms with van der Waals surface area (Å²) in [5.74, 6) is 0.289. The molecule has 0 aromatic rings. The Hall–Kier alpha value is -0.680. The molecule has 0 bridgehead atoms. The molecule has 108 valence electrons. The quantitative estimate of drug-likeness (QED) is 0.751. The second kappa shape index (κ2) is 7.20. The van der Waals surface area contributed by atoms with E-state index in [4.69, 9.17) is 18.0 Å². The van der Waals surface area contributed by atoms with Gasteiger partial charge in [-0.05, 0) is 25.7 Å². The van der Waals surface area contributed by atoms with Crippen molar-refractivity contribution >= 4 is 23.1 Å². The van der Waals surface area contributed by atoms with E-state index in [1.165, 1.54) is 25.7 Å². The summed E-state index contributed by atoms with van der Waals surface area (Å²) in [4.78, 5) is 17.2. The summed E-state index contributed by atoms with van der Waals surface area (Å²) in [6, 6.07) is 0.588. The molecule has 2 aliphatic rings. The van der Waals surface area contributed by atoms with Gasteiger partial charge in [-0.1, -0.05) is 25.1 Å². The predicted molar refractivity (Wildman–Crippen MR) is 81.0 cm³/mol. The van der Waals surface area contributed by atoms with E-state index in [1.807, 2.05) is 4.90 Å². The number of hydrogen-bond donors (Lipinski definition) is 1. The molecule has 0 radical (unpaired) electrons. The zero-order valence-electron chi connectivity index (χ0n) is 11.6. The third-order valence-corrected chi connectivity index (χ3v) is 4.21. The van der Waals surface area contributed by atoms with Crippen LogP contribution in [0.15, 0.2) is 0 Å². The summed E-state index contributed by atoms with van der Waals surface area (Å²) in [7, 11) is 0. The van der Waals surface area contributed by atoms with Gasteiger partial charge in [-0.3, -0.25) is 9.69 Å². The molecular weight excluding hydrogens is 258 g/mol. The van der Waals surface area contributed by atoms with E-state index in [9.17, 15) is 4.79 Å². The van der Waals surface area contributed by atoms with Gasteiger partial charge in [0.15, 0.2) is 0 Å². The molecule has 1 saturated heterocycles. The highest BCUT2D eigenvalue weighted by molar-refractivity contribution is 7.80. The lowest BCUT2D eigenvalue weighted by Crippen LogP contribution is -2.42. The van der Waals surface area contributed by atoms with Crippen molar-refractivity contribution in [1.29, 1.82) is 0 Å². The number of thiocarbonyl (C=S) groups is 1. The van der Waals surface area contributed by atoms with Gasteiger partial charge in [0.2, 0.25) is 5.91 Å². The van der Waals surface area contributed by atoms with Crippen molar-refractivity contribution in [3.8, 4) is 0 Å². The summed E-state index contributed by atoms with van der Waals surface area (Å²) in [5, 5.41) is 0. The predicted octanol–water partition coefficient (Wildman–Crippen LogP) is 1.53. The van der Waals surface area contributed by atoms with Crippen LogP contribution in [0.4, 0.5) is 0 Å². The molecule has 0 spiro atoms. The number of likely N-dealkylation sites (tertiary alicyclic amines) is 1. The van der Waals surface area contributed by atoms with Crippen molar-refractivity contribution in [2.75, 3.05) is 26.2 Å². The third-order valence-electron chi connectivity index (χ3n) is 4.01. The first-order valence-corrected chi connectivity index (χ1v) is 7.88. The van der Waals surface area contributed by atoms with Crippen molar-refractivity contribution in [2.24, 2.45) is 5.73 Å². The fourth-order valence-electron chi connectivity index (χ4n) is 2.68. The van der Waals surface area contributed by atoms with Crippen molar-refractivity contribution in [3.63, 3.8) is 0 Å². The molecule has 1 aliphatic carbocycles. The lowest BCUT2D eigenvalue weighted by atomic mass is 10.2. The Kier molecular flexibility index (Phi) is 5.58. The standard InChI is InChI=1S/C14H25N3OS/c15-13(19)7-10-17(12-5-6-12)11-14(18)16-8-3-1-2-4-9-16/h12H,1-11H2,(H2,15,19). The van der Waals surface area contributed by atoms with Gasteiger partial charge in [0.05, 0.1) is 11.5 Å². The number of rotatable bonds is 6. The van der Waals surface area contributed by atoms with Gasteiger partial charge < -0.3 is 10.6 Å². The van der Waals surface area contributed by atoms with Gasteiger partial charge in [-0.15, -0.1) is 0 Å². The molecule has 0 unspecified atom stereocenters. The Morgan fingerprint density at radius 2 is 1.84 bits per heavy atom. The van der Waals surface area contributed by atoms with E-state index in [1.54, 1.807) is 0 Å². The van der Waals surface area contributed by atoms with E-state index in [0.717, 1.165) is 38.9 Å². The Morgan fingerprint density at radius 1 is 1.21 bits per heavy atom. The molecule has 5 heteroatoms. The van der Waals surface area contributed by atoms with Crippen LogP contribution >= 0.6 is 12.2 Å². The van der Waals surface area contributed by atoms with E-state index >= 15 is 0 Å². The van der Waals surface area contributed by atoms with Crippen LogP contribution in [0, 0.1) is 0 Å². The number of nitrogens with two attached hydrogens (primary N) is 1. The average molecular weight is 283 g/mol. The molecule has 2 fully saturated rings. The smallest absolute Gasteiger partial charge is 0.236 e. The first-order valence-electron chi connectivity index (χ1n) is 7.47. The van der Waals surface area contributed by atoms with Crippen molar-refractivity contribution in [1.82, 2.24) is 9.80 Å². The summed E-state index contributed by atoms with van der Waals surface area (Å²) in [6.07, 6.45) is 7.98. The van der Waals surface area contributed by atoms with E-state index in [-0.39, 0.29) is 5.91 Å². The SMILES string of the molecule is NC(=S)CCN(CC(=O)N1CCCCCC1)C1CC1. The Bertz CT molecular complexity index is 323. The molecule has 0 aromatic heterocycles. The number of nitrogens with zero attached hydrogens (tertiary/aromatic N) is 2. The maximum Gasteiger partial charge on any atom is 0.236 e. The van der Waals surface area contributed by atoms with Gasteiger partial charge in [0, 0.05) is 32.1 Å². The largest absolute Gasteiger partial charge is 0.393 e. The zero-order valence-corrected chi connectivity index (χ0v) is 12.5. The first-order chi connectivity index (χ1) is 9.16. The van der Waals surface area contributed by atoms with Gasteiger partial charge in [-0.2, -0.15) is 0 Å². The number of hydrogen-bond acceptors (Lipinski definition) is 3. The molecule has 2 N–H and O–H groups in total. The lowest BCUT2D eigenvalue weighted by molar-refractivity contribution is -0.132. The minimum atomic E-state index is 0.289. The van der Waals surface area contributed by atoms with Crippen LogP contribution in [0.25, 0.3) is 0 Å². The van der Waals surface area contributed by atoms with E-state index < -0.39 is 0 Å². The van der Waals surface area contributed by atoms with Crippen LogP contribution in [-0.4, -0.2) is 52.9 Å². The normalized spacial score (nSPS) is 20.4. The summed E-state index contributed by atoms with van der Waals surface area (Å²) >= 11 is 4.93. The molecule has 2 rings (SSSR count). The Morgan fingerprint density at radius 3 is 2.37 bits per heavy atom. The van der Waals surface area contributed by atoms with Gasteiger partial charge in [-0.25, -0.2) is 0 Å². The van der Waals surface area contributed by atoms with E-state index in [0.29, 0.717) is 17.6 Å². The molecule has 19 heavy (non-hydrogen) atoms. The van der Waals surface area contributed by atoms with Crippen LogP contribution in [0.1, 0.15) is 44.9 Å². The highest BCUT2D eigenvalue weighted by atomic mass is 32.1. The topological polar surface area (TPSA) is 49.6 Å². The fourth-order valence-corrected chi connectivity index (χ4v) is 2.77. The van der Waals surface area contributed by atoms with Crippen molar-refractivity contribution < 1.29 is 4.79 Å². The summed E-state index contributed by atoms with van der Waals surface area (Å²) in [5.41, 5.74) is 5.57. The number of amides is 1. The average Bonchev–Trinajstić information content (AvgIpc) is 3.19. The van der Waals surface area contributed by atoms with Crippen LogP contribution in [0.3, 0.4) is 0 Å². The molecule has 1 amide bonds. The molecule has 0 atom stereocenters. The van der Waals surface area contributed by atoms with Crippen molar-refractivity contribution in [3.05, 3.63) is 0 Å². The molecule has 1 aliphatic heterocycles. The summed E-state index contributed by atoms with van der Waals surface area (Å²) < 4.78 is 0. The van der Waals surface area contributed by atoms with Crippen LogP contribution < -0.4 is 5.73 Å². The fraction of sp³-hybridized carbons (Fsp3) is 0.857. The third kappa shape index (κ3) is 5.07. The highest BCUT2D eigenvalue weighted by Crippen LogP contribution is 2.27. The highest BCUT2D eigenvalue weighted by Gasteiger charge is 2.31. The van der Waals surface area contributed by atoms with Gasteiger partial charge in [0.25, 0.3) is 0 Å². The Labute approximate surface area is 121 Å². The molecule has 1 heterocycles. The second-order valence-corrected chi connectivity index (χ2v) is 6.24.